The molecule has 1 unspecified atom stereocenters. The number of hydrogen-bond acceptors (Lipinski definition) is 0. The van der Waals surface area contributed by atoms with E-state index in [2.05, 4.69) is 0 Å². The molecule has 0 bridgehead atoms. The van der Waals surface area contributed by atoms with Gasteiger partial charge < -0.3 is 0 Å². The minimum absolute atomic E-state index is 0.0649. The number of halogens is 4. The summed E-state index contributed by atoms with van der Waals surface area (Å²) in [6.45, 7) is 1.82. The lowest BCUT2D eigenvalue weighted by atomic mass is 9.99. The van der Waals surface area contributed by atoms with Crippen molar-refractivity contribution in [2.75, 3.05) is 0 Å². The quantitative estimate of drug-likeness (QED) is 0.546. The Hall–Kier alpha value is -1.48. The standard InChI is InChI=1S/C14H10ClF3/c1-8-4-2-3-5-9(8)14(15)10-6-12(17)13(18)7-11(10)16/h2-7,14H,1H3. The van der Waals surface area contributed by atoms with Gasteiger partial charge in [-0.1, -0.05) is 24.3 Å². The molecule has 2 aromatic carbocycles. The summed E-state index contributed by atoms with van der Waals surface area (Å²) in [6.07, 6.45) is 0. The summed E-state index contributed by atoms with van der Waals surface area (Å²) < 4.78 is 39.6. The third-order valence-electron chi connectivity index (χ3n) is 2.77. The summed E-state index contributed by atoms with van der Waals surface area (Å²) in [5.74, 6) is -3.17. The van der Waals surface area contributed by atoms with Crippen molar-refractivity contribution >= 4 is 11.6 Å². The minimum Gasteiger partial charge on any atom is -0.207 e. The molecule has 0 fully saturated rings. The molecule has 0 amide bonds. The van der Waals surface area contributed by atoms with Crippen LogP contribution < -0.4 is 0 Å². The van der Waals surface area contributed by atoms with Gasteiger partial charge in [0.2, 0.25) is 0 Å². The third-order valence-corrected chi connectivity index (χ3v) is 3.24. The van der Waals surface area contributed by atoms with Gasteiger partial charge in [-0.25, -0.2) is 13.2 Å². The molecule has 2 aromatic rings. The van der Waals surface area contributed by atoms with Gasteiger partial charge in [-0.15, -0.1) is 11.6 Å². The Kier molecular flexibility index (Phi) is 3.62. The monoisotopic (exact) mass is 270 g/mol. The molecule has 94 valence electrons. The molecule has 0 saturated carbocycles. The van der Waals surface area contributed by atoms with E-state index in [0.717, 1.165) is 11.6 Å². The highest BCUT2D eigenvalue weighted by Gasteiger charge is 2.19. The van der Waals surface area contributed by atoms with E-state index in [-0.39, 0.29) is 5.56 Å². The van der Waals surface area contributed by atoms with Crippen molar-refractivity contribution in [1.82, 2.24) is 0 Å². The molecule has 4 heteroatoms. The van der Waals surface area contributed by atoms with Crippen molar-refractivity contribution in [1.29, 1.82) is 0 Å². The molecule has 0 spiro atoms. The zero-order valence-corrected chi connectivity index (χ0v) is 10.3. The molecule has 0 aliphatic rings. The summed E-state index contributed by atoms with van der Waals surface area (Å²) >= 11 is 6.14. The first kappa shape index (κ1) is 13.0. The zero-order chi connectivity index (χ0) is 13.3. The predicted molar refractivity (Wildman–Crippen MR) is 65.2 cm³/mol. The Balaban J connectivity index is 2.50. The fourth-order valence-corrected chi connectivity index (χ4v) is 2.18. The van der Waals surface area contributed by atoms with E-state index < -0.39 is 22.8 Å². The molecule has 2 rings (SSSR count). The second-order valence-corrected chi connectivity index (χ2v) is 4.44. The van der Waals surface area contributed by atoms with E-state index in [9.17, 15) is 13.2 Å². The fraction of sp³-hybridized carbons (Fsp3) is 0.143. The molecular formula is C14H10ClF3. The number of aryl methyl sites for hydroxylation is 1. The lowest BCUT2D eigenvalue weighted by molar-refractivity contribution is 0.490. The molecule has 0 aliphatic heterocycles. The van der Waals surface area contributed by atoms with Crippen molar-refractivity contribution < 1.29 is 13.2 Å². The fourth-order valence-electron chi connectivity index (χ4n) is 1.77. The number of hydrogen-bond donors (Lipinski definition) is 0. The van der Waals surface area contributed by atoms with Crippen molar-refractivity contribution in [2.45, 2.75) is 12.3 Å². The maximum absolute atomic E-state index is 13.6. The number of alkyl halides is 1. The van der Waals surface area contributed by atoms with Crippen LogP contribution >= 0.6 is 11.6 Å². The summed E-state index contributed by atoms with van der Waals surface area (Å²) in [5, 5.41) is -0.846. The predicted octanol–water partition coefficient (Wildman–Crippen LogP) is 4.74. The van der Waals surface area contributed by atoms with E-state index in [1.165, 1.54) is 0 Å². The molecule has 0 heterocycles. The zero-order valence-electron chi connectivity index (χ0n) is 9.55. The molecule has 0 saturated heterocycles. The topological polar surface area (TPSA) is 0 Å². The van der Waals surface area contributed by atoms with Crippen LogP contribution in [-0.2, 0) is 0 Å². The first-order valence-corrected chi connectivity index (χ1v) is 5.78. The molecule has 0 aromatic heterocycles. The Labute approximate surface area is 108 Å². The second-order valence-electron chi connectivity index (χ2n) is 4.01. The average Bonchev–Trinajstić information content (AvgIpc) is 2.33. The minimum atomic E-state index is -1.22. The van der Waals surface area contributed by atoms with E-state index in [1.807, 2.05) is 19.1 Å². The number of benzene rings is 2. The maximum atomic E-state index is 13.6. The van der Waals surface area contributed by atoms with Crippen LogP contribution in [0.25, 0.3) is 0 Å². The summed E-state index contributed by atoms with van der Waals surface area (Å²) in [6, 6.07) is 8.45. The van der Waals surface area contributed by atoms with Crippen LogP contribution in [0.15, 0.2) is 36.4 Å². The highest BCUT2D eigenvalue weighted by Crippen LogP contribution is 2.33. The summed E-state index contributed by atoms with van der Waals surface area (Å²) in [4.78, 5) is 0. The van der Waals surface area contributed by atoms with Crippen LogP contribution in [0.1, 0.15) is 22.1 Å². The maximum Gasteiger partial charge on any atom is 0.161 e. The molecular weight excluding hydrogens is 261 g/mol. The van der Waals surface area contributed by atoms with Gasteiger partial charge in [0.25, 0.3) is 0 Å². The lowest BCUT2D eigenvalue weighted by Crippen LogP contribution is -2.01. The van der Waals surface area contributed by atoms with E-state index in [0.29, 0.717) is 11.6 Å². The lowest BCUT2D eigenvalue weighted by Gasteiger charge is -2.14. The smallest absolute Gasteiger partial charge is 0.161 e. The van der Waals surface area contributed by atoms with Crippen LogP contribution in [0.4, 0.5) is 13.2 Å². The Bertz CT molecular complexity index is 581. The van der Waals surface area contributed by atoms with Crippen molar-refractivity contribution in [3.8, 4) is 0 Å². The molecule has 1 atom stereocenters. The van der Waals surface area contributed by atoms with Crippen LogP contribution in [0.3, 0.4) is 0 Å². The first-order valence-electron chi connectivity index (χ1n) is 5.34. The van der Waals surface area contributed by atoms with Gasteiger partial charge in [-0.05, 0) is 24.1 Å². The highest BCUT2D eigenvalue weighted by molar-refractivity contribution is 6.22. The van der Waals surface area contributed by atoms with Gasteiger partial charge in [-0.3, -0.25) is 0 Å². The largest absolute Gasteiger partial charge is 0.207 e. The first-order chi connectivity index (χ1) is 8.50. The van der Waals surface area contributed by atoms with Crippen LogP contribution in [0, 0.1) is 24.4 Å². The van der Waals surface area contributed by atoms with Gasteiger partial charge in [0, 0.05) is 11.6 Å². The molecule has 0 radical (unpaired) electrons. The van der Waals surface area contributed by atoms with E-state index >= 15 is 0 Å². The molecule has 0 N–H and O–H groups in total. The Morgan fingerprint density at radius 3 is 2.17 bits per heavy atom. The highest BCUT2D eigenvalue weighted by atomic mass is 35.5. The van der Waals surface area contributed by atoms with Crippen molar-refractivity contribution in [3.63, 3.8) is 0 Å². The van der Waals surface area contributed by atoms with Gasteiger partial charge in [0.1, 0.15) is 5.82 Å². The summed E-state index contributed by atoms with van der Waals surface area (Å²) in [7, 11) is 0. The number of rotatable bonds is 2. The second kappa shape index (κ2) is 5.02. The SMILES string of the molecule is Cc1ccccc1C(Cl)c1cc(F)c(F)cc1F. The normalized spacial score (nSPS) is 12.5. The Morgan fingerprint density at radius 2 is 1.50 bits per heavy atom. The van der Waals surface area contributed by atoms with Crippen LogP contribution in [-0.4, -0.2) is 0 Å². The van der Waals surface area contributed by atoms with Crippen LogP contribution in [0.5, 0.6) is 0 Å². The summed E-state index contributed by atoms with van der Waals surface area (Å²) in [5.41, 5.74) is 1.47. The van der Waals surface area contributed by atoms with Gasteiger partial charge >= 0.3 is 0 Å². The molecule has 18 heavy (non-hydrogen) atoms. The van der Waals surface area contributed by atoms with Crippen molar-refractivity contribution in [3.05, 3.63) is 70.5 Å². The van der Waals surface area contributed by atoms with Gasteiger partial charge in [0.05, 0.1) is 5.38 Å². The van der Waals surface area contributed by atoms with Gasteiger partial charge in [0.15, 0.2) is 11.6 Å². The van der Waals surface area contributed by atoms with Gasteiger partial charge in [-0.2, -0.15) is 0 Å². The van der Waals surface area contributed by atoms with E-state index in [1.54, 1.807) is 12.1 Å². The molecule has 0 nitrogen and oxygen atoms in total. The Morgan fingerprint density at radius 1 is 0.889 bits per heavy atom. The van der Waals surface area contributed by atoms with Crippen LogP contribution in [0.2, 0.25) is 0 Å². The van der Waals surface area contributed by atoms with Crippen molar-refractivity contribution in [2.24, 2.45) is 0 Å². The average molecular weight is 271 g/mol. The molecule has 0 aliphatic carbocycles. The van der Waals surface area contributed by atoms with E-state index in [4.69, 9.17) is 11.6 Å². The third kappa shape index (κ3) is 2.36.